The first-order valence-electron chi connectivity index (χ1n) is 6.95. The van der Waals surface area contributed by atoms with Crippen LogP contribution in [-0.2, 0) is 9.53 Å². The molecule has 5 heteroatoms. The van der Waals surface area contributed by atoms with Crippen LogP contribution in [-0.4, -0.2) is 49.7 Å². The molecular weight excluding hydrogens is 252 g/mol. The molecule has 3 atom stereocenters. The predicted molar refractivity (Wildman–Crippen MR) is 71.9 cm³/mol. The zero-order valence-electron chi connectivity index (χ0n) is 10.8. The molecular formula is C13H23ClN2O2. The number of fused-ring (bicyclic) bond motifs is 1. The number of ether oxygens (including phenoxy) is 1. The molecule has 0 aromatic heterocycles. The third-order valence-corrected chi connectivity index (χ3v) is 4.47. The molecule has 18 heavy (non-hydrogen) atoms. The highest BCUT2D eigenvalue weighted by Gasteiger charge is 2.36. The molecule has 1 amide bonds. The summed E-state index contributed by atoms with van der Waals surface area (Å²) in [5, 5.41) is 3.43. The molecule has 4 nitrogen and oxygen atoms in total. The first-order valence-corrected chi connectivity index (χ1v) is 6.95. The van der Waals surface area contributed by atoms with Gasteiger partial charge in [-0.25, -0.2) is 0 Å². The molecule has 0 saturated carbocycles. The average Bonchev–Trinajstić information content (AvgIpc) is 2.86. The van der Waals surface area contributed by atoms with E-state index in [9.17, 15) is 4.79 Å². The third kappa shape index (κ3) is 2.81. The summed E-state index contributed by atoms with van der Waals surface area (Å²) in [6.07, 6.45) is 4.18. The maximum Gasteiger partial charge on any atom is 0.251 e. The molecule has 1 N–H and O–H groups in total. The molecule has 3 fully saturated rings. The summed E-state index contributed by atoms with van der Waals surface area (Å²) in [4.78, 5) is 14.4. The van der Waals surface area contributed by atoms with Gasteiger partial charge in [0.25, 0.3) is 5.91 Å². The SMILES string of the molecule is Cl.O=C(C1CCCCO1)N1CCC2CNCC2C1. The normalized spacial score (nSPS) is 35.8. The molecule has 0 bridgehead atoms. The van der Waals surface area contributed by atoms with Crippen LogP contribution in [0.25, 0.3) is 0 Å². The van der Waals surface area contributed by atoms with Crippen molar-refractivity contribution in [1.29, 1.82) is 0 Å². The van der Waals surface area contributed by atoms with E-state index in [2.05, 4.69) is 5.32 Å². The number of nitrogens with zero attached hydrogens (tertiary/aromatic N) is 1. The van der Waals surface area contributed by atoms with E-state index in [4.69, 9.17) is 4.74 Å². The van der Waals surface area contributed by atoms with Crippen molar-refractivity contribution in [3.8, 4) is 0 Å². The van der Waals surface area contributed by atoms with Gasteiger partial charge in [0.1, 0.15) is 6.10 Å². The Kier molecular flexibility index (Phi) is 4.87. The molecule has 0 aromatic carbocycles. The molecule has 3 aliphatic rings. The van der Waals surface area contributed by atoms with Crippen molar-refractivity contribution < 1.29 is 9.53 Å². The number of halogens is 1. The minimum atomic E-state index is -0.144. The summed E-state index contributed by atoms with van der Waals surface area (Å²) in [5.41, 5.74) is 0. The second kappa shape index (κ2) is 6.22. The molecule has 3 saturated heterocycles. The van der Waals surface area contributed by atoms with Crippen LogP contribution in [0.4, 0.5) is 0 Å². The molecule has 104 valence electrons. The largest absolute Gasteiger partial charge is 0.368 e. The third-order valence-electron chi connectivity index (χ3n) is 4.47. The standard InChI is InChI=1S/C13H22N2O2.ClH/c16-13(12-3-1-2-6-17-12)15-5-4-10-7-14-8-11(10)9-15;/h10-12,14H,1-9H2;1H. The number of hydrogen-bond acceptors (Lipinski definition) is 3. The lowest BCUT2D eigenvalue weighted by Gasteiger charge is -2.37. The van der Waals surface area contributed by atoms with Gasteiger partial charge in [-0.05, 0) is 50.6 Å². The zero-order valence-corrected chi connectivity index (χ0v) is 11.6. The summed E-state index contributed by atoms with van der Waals surface area (Å²) in [6, 6.07) is 0. The minimum absolute atomic E-state index is 0. The van der Waals surface area contributed by atoms with Crippen LogP contribution in [0.2, 0.25) is 0 Å². The van der Waals surface area contributed by atoms with E-state index in [1.807, 2.05) is 4.90 Å². The Balaban J connectivity index is 0.00000120. The van der Waals surface area contributed by atoms with E-state index in [-0.39, 0.29) is 24.4 Å². The number of nitrogens with one attached hydrogen (secondary N) is 1. The van der Waals surface area contributed by atoms with Crippen LogP contribution >= 0.6 is 12.4 Å². The first kappa shape index (κ1) is 14.1. The van der Waals surface area contributed by atoms with E-state index in [1.54, 1.807) is 0 Å². The molecule has 3 unspecified atom stereocenters. The lowest BCUT2D eigenvalue weighted by atomic mass is 9.88. The number of carbonyl (C=O) groups is 1. The Morgan fingerprint density at radius 1 is 1.17 bits per heavy atom. The number of piperidine rings is 1. The number of hydrogen-bond donors (Lipinski definition) is 1. The molecule has 0 radical (unpaired) electrons. The molecule has 0 spiro atoms. The fourth-order valence-corrected chi connectivity index (χ4v) is 3.37. The summed E-state index contributed by atoms with van der Waals surface area (Å²) < 4.78 is 5.60. The van der Waals surface area contributed by atoms with Gasteiger partial charge in [0.2, 0.25) is 0 Å². The molecule has 0 aliphatic carbocycles. The van der Waals surface area contributed by atoms with Gasteiger partial charge < -0.3 is 15.0 Å². The van der Waals surface area contributed by atoms with Crippen molar-refractivity contribution in [1.82, 2.24) is 10.2 Å². The van der Waals surface area contributed by atoms with Crippen LogP contribution in [0.15, 0.2) is 0 Å². The lowest BCUT2D eigenvalue weighted by molar-refractivity contribution is -0.148. The quantitative estimate of drug-likeness (QED) is 0.777. The lowest BCUT2D eigenvalue weighted by Crippen LogP contribution is -2.48. The van der Waals surface area contributed by atoms with Crippen molar-refractivity contribution in [3.05, 3.63) is 0 Å². The highest BCUT2D eigenvalue weighted by molar-refractivity contribution is 5.85. The van der Waals surface area contributed by atoms with Crippen molar-refractivity contribution in [2.45, 2.75) is 31.8 Å². The number of likely N-dealkylation sites (tertiary alicyclic amines) is 1. The predicted octanol–water partition coefficient (Wildman–Crippen LogP) is 1.05. The summed E-state index contributed by atoms with van der Waals surface area (Å²) in [7, 11) is 0. The maximum absolute atomic E-state index is 12.3. The average molecular weight is 275 g/mol. The van der Waals surface area contributed by atoms with E-state index >= 15 is 0 Å². The number of amides is 1. The van der Waals surface area contributed by atoms with Crippen LogP contribution in [0.3, 0.4) is 0 Å². The van der Waals surface area contributed by atoms with E-state index < -0.39 is 0 Å². The number of rotatable bonds is 1. The van der Waals surface area contributed by atoms with Gasteiger partial charge in [0.15, 0.2) is 0 Å². The van der Waals surface area contributed by atoms with Crippen molar-refractivity contribution in [2.75, 3.05) is 32.8 Å². The van der Waals surface area contributed by atoms with Gasteiger partial charge in [-0.2, -0.15) is 0 Å². The Labute approximate surface area is 115 Å². The smallest absolute Gasteiger partial charge is 0.251 e. The molecule has 0 aromatic rings. The number of carbonyl (C=O) groups excluding carboxylic acids is 1. The monoisotopic (exact) mass is 274 g/mol. The van der Waals surface area contributed by atoms with Gasteiger partial charge >= 0.3 is 0 Å². The van der Waals surface area contributed by atoms with Gasteiger partial charge in [0, 0.05) is 19.7 Å². The van der Waals surface area contributed by atoms with E-state index in [0.29, 0.717) is 5.92 Å². The fourth-order valence-electron chi connectivity index (χ4n) is 3.37. The van der Waals surface area contributed by atoms with Crippen molar-refractivity contribution in [2.24, 2.45) is 11.8 Å². The summed E-state index contributed by atoms with van der Waals surface area (Å²) in [5.74, 6) is 1.72. The molecule has 3 aliphatic heterocycles. The highest BCUT2D eigenvalue weighted by atomic mass is 35.5. The summed E-state index contributed by atoms with van der Waals surface area (Å²) in [6.45, 7) is 4.86. The second-order valence-electron chi connectivity index (χ2n) is 5.61. The Bertz CT molecular complexity index is 295. The second-order valence-corrected chi connectivity index (χ2v) is 5.61. The van der Waals surface area contributed by atoms with Crippen molar-refractivity contribution >= 4 is 18.3 Å². The Hall–Kier alpha value is -0.320. The first-order chi connectivity index (χ1) is 8.34. The van der Waals surface area contributed by atoms with Crippen LogP contribution in [0.1, 0.15) is 25.7 Å². The van der Waals surface area contributed by atoms with E-state index in [0.717, 1.165) is 64.4 Å². The Morgan fingerprint density at radius 2 is 2.00 bits per heavy atom. The van der Waals surface area contributed by atoms with Crippen molar-refractivity contribution in [3.63, 3.8) is 0 Å². The fraction of sp³-hybridized carbons (Fsp3) is 0.923. The molecule has 3 heterocycles. The van der Waals surface area contributed by atoms with E-state index in [1.165, 1.54) is 0 Å². The zero-order chi connectivity index (χ0) is 11.7. The van der Waals surface area contributed by atoms with Gasteiger partial charge in [-0.15, -0.1) is 12.4 Å². The maximum atomic E-state index is 12.3. The summed E-state index contributed by atoms with van der Waals surface area (Å²) >= 11 is 0. The van der Waals surface area contributed by atoms with Crippen LogP contribution in [0.5, 0.6) is 0 Å². The van der Waals surface area contributed by atoms with Gasteiger partial charge in [-0.1, -0.05) is 0 Å². The van der Waals surface area contributed by atoms with Crippen LogP contribution in [0, 0.1) is 11.8 Å². The van der Waals surface area contributed by atoms with Gasteiger partial charge in [-0.3, -0.25) is 4.79 Å². The van der Waals surface area contributed by atoms with Gasteiger partial charge in [0.05, 0.1) is 0 Å². The van der Waals surface area contributed by atoms with Crippen LogP contribution < -0.4 is 5.32 Å². The topological polar surface area (TPSA) is 41.6 Å². The molecule has 3 rings (SSSR count). The minimum Gasteiger partial charge on any atom is -0.368 e. The highest BCUT2D eigenvalue weighted by Crippen LogP contribution is 2.27. The Morgan fingerprint density at radius 3 is 2.78 bits per heavy atom.